The van der Waals surface area contributed by atoms with Crippen molar-refractivity contribution in [1.29, 1.82) is 0 Å². The SMILES string of the molecule is Cc1cccc(C(=O)NCCCOc2ccc(Cl)cc2Cl)c1[N+](=O)[O-]. The molecule has 2 rings (SSSR count). The zero-order valence-corrected chi connectivity index (χ0v) is 14.9. The average molecular weight is 383 g/mol. The van der Waals surface area contributed by atoms with Crippen LogP contribution in [0.25, 0.3) is 0 Å². The van der Waals surface area contributed by atoms with Crippen molar-refractivity contribution < 1.29 is 14.5 Å². The number of hydrogen-bond donors (Lipinski definition) is 1. The summed E-state index contributed by atoms with van der Waals surface area (Å²) in [6.45, 7) is 2.24. The number of nitrogens with one attached hydrogen (secondary N) is 1. The van der Waals surface area contributed by atoms with E-state index in [1.165, 1.54) is 6.07 Å². The molecule has 0 saturated heterocycles. The summed E-state index contributed by atoms with van der Waals surface area (Å²) in [6.07, 6.45) is 0.518. The van der Waals surface area contributed by atoms with E-state index in [4.69, 9.17) is 27.9 Å². The highest BCUT2D eigenvalue weighted by Crippen LogP contribution is 2.27. The van der Waals surface area contributed by atoms with Crippen molar-refractivity contribution in [2.75, 3.05) is 13.2 Å². The van der Waals surface area contributed by atoms with E-state index in [0.717, 1.165) is 0 Å². The number of hydrogen-bond acceptors (Lipinski definition) is 4. The van der Waals surface area contributed by atoms with Crippen LogP contribution in [0.2, 0.25) is 10.0 Å². The molecular formula is C17H16Cl2N2O4. The lowest BCUT2D eigenvalue weighted by atomic mass is 10.1. The lowest BCUT2D eigenvalue weighted by Crippen LogP contribution is -2.26. The van der Waals surface area contributed by atoms with Gasteiger partial charge in [0.15, 0.2) is 0 Å². The molecule has 0 fully saturated rings. The Balaban J connectivity index is 1.85. The third kappa shape index (κ3) is 5.08. The zero-order chi connectivity index (χ0) is 18.4. The molecule has 0 heterocycles. The van der Waals surface area contributed by atoms with Crippen LogP contribution in [0.15, 0.2) is 36.4 Å². The van der Waals surface area contributed by atoms with Crippen molar-refractivity contribution in [2.24, 2.45) is 0 Å². The van der Waals surface area contributed by atoms with Gasteiger partial charge in [0, 0.05) is 17.1 Å². The lowest BCUT2D eigenvalue weighted by Gasteiger charge is -2.09. The van der Waals surface area contributed by atoms with Gasteiger partial charge >= 0.3 is 0 Å². The molecule has 0 bridgehead atoms. The summed E-state index contributed by atoms with van der Waals surface area (Å²) in [5.74, 6) is 0.0200. The number of para-hydroxylation sites is 1. The number of aryl methyl sites for hydroxylation is 1. The smallest absolute Gasteiger partial charge is 0.285 e. The van der Waals surface area contributed by atoms with Gasteiger partial charge in [0.1, 0.15) is 11.3 Å². The number of benzene rings is 2. The molecule has 1 amide bonds. The monoisotopic (exact) mass is 382 g/mol. The molecule has 0 aliphatic heterocycles. The average Bonchev–Trinajstić information content (AvgIpc) is 2.55. The zero-order valence-electron chi connectivity index (χ0n) is 13.4. The Morgan fingerprint density at radius 2 is 2.04 bits per heavy atom. The number of nitro benzene ring substituents is 1. The van der Waals surface area contributed by atoms with Crippen LogP contribution in [0, 0.1) is 17.0 Å². The van der Waals surface area contributed by atoms with Crippen LogP contribution in [0.5, 0.6) is 5.75 Å². The van der Waals surface area contributed by atoms with Gasteiger partial charge in [-0.1, -0.05) is 35.3 Å². The molecule has 2 aromatic carbocycles. The van der Waals surface area contributed by atoms with Gasteiger partial charge in [0.05, 0.1) is 16.6 Å². The Labute approximate surface area is 154 Å². The molecular weight excluding hydrogens is 367 g/mol. The fraction of sp³-hybridized carbons (Fsp3) is 0.235. The third-order valence-electron chi connectivity index (χ3n) is 3.42. The van der Waals surface area contributed by atoms with Crippen LogP contribution in [-0.4, -0.2) is 24.0 Å². The van der Waals surface area contributed by atoms with Crippen LogP contribution in [0.1, 0.15) is 22.3 Å². The Kier molecular flexibility index (Phi) is 6.61. The van der Waals surface area contributed by atoms with Gasteiger partial charge in [-0.3, -0.25) is 14.9 Å². The summed E-state index contributed by atoms with van der Waals surface area (Å²) in [6, 6.07) is 9.56. The first-order chi connectivity index (χ1) is 11.9. The molecule has 0 saturated carbocycles. The van der Waals surface area contributed by atoms with E-state index in [1.54, 1.807) is 37.3 Å². The minimum atomic E-state index is -0.546. The topological polar surface area (TPSA) is 81.5 Å². The van der Waals surface area contributed by atoms with Gasteiger partial charge in [0.25, 0.3) is 11.6 Å². The van der Waals surface area contributed by atoms with Gasteiger partial charge < -0.3 is 10.1 Å². The maximum atomic E-state index is 12.2. The Morgan fingerprint density at radius 1 is 1.28 bits per heavy atom. The molecule has 0 aromatic heterocycles. The van der Waals surface area contributed by atoms with Crippen LogP contribution < -0.4 is 10.1 Å². The fourth-order valence-corrected chi connectivity index (χ4v) is 2.69. The first kappa shape index (κ1) is 19.0. The van der Waals surface area contributed by atoms with Crippen molar-refractivity contribution in [3.05, 3.63) is 67.7 Å². The Hall–Kier alpha value is -2.31. The molecule has 0 spiro atoms. The second-order valence-corrected chi connectivity index (χ2v) is 6.10. The highest BCUT2D eigenvalue weighted by Gasteiger charge is 2.21. The normalized spacial score (nSPS) is 10.4. The highest BCUT2D eigenvalue weighted by molar-refractivity contribution is 6.35. The summed E-state index contributed by atoms with van der Waals surface area (Å²) >= 11 is 11.8. The predicted octanol–water partition coefficient (Wildman–Crippen LogP) is 4.41. The van der Waals surface area contributed by atoms with E-state index in [9.17, 15) is 14.9 Å². The molecule has 2 aromatic rings. The quantitative estimate of drug-likeness (QED) is 0.436. The molecule has 0 aliphatic rings. The van der Waals surface area contributed by atoms with Gasteiger partial charge in [-0.25, -0.2) is 0 Å². The van der Waals surface area contributed by atoms with Crippen LogP contribution in [-0.2, 0) is 0 Å². The number of rotatable bonds is 7. The van der Waals surface area contributed by atoms with Crippen molar-refractivity contribution in [1.82, 2.24) is 5.32 Å². The van der Waals surface area contributed by atoms with Crippen molar-refractivity contribution in [2.45, 2.75) is 13.3 Å². The fourth-order valence-electron chi connectivity index (χ4n) is 2.23. The van der Waals surface area contributed by atoms with E-state index >= 15 is 0 Å². The van der Waals surface area contributed by atoms with Crippen LogP contribution in [0.3, 0.4) is 0 Å². The van der Waals surface area contributed by atoms with Crippen molar-refractivity contribution in [3.63, 3.8) is 0 Å². The standard InChI is InChI=1S/C17H16Cl2N2O4/c1-11-4-2-5-13(16(11)21(23)24)17(22)20-8-3-9-25-15-7-6-12(18)10-14(15)19/h2,4-7,10H,3,8-9H2,1H3,(H,20,22). The molecule has 0 atom stereocenters. The number of carbonyl (C=O) groups excluding carboxylic acids is 1. The molecule has 132 valence electrons. The van der Waals surface area contributed by atoms with E-state index in [2.05, 4.69) is 5.32 Å². The molecule has 25 heavy (non-hydrogen) atoms. The highest BCUT2D eigenvalue weighted by atomic mass is 35.5. The molecule has 6 nitrogen and oxygen atoms in total. The number of carbonyl (C=O) groups is 1. The first-order valence-electron chi connectivity index (χ1n) is 7.50. The lowest BCUT2D eigenvalue weighted by molar-refractivity contribution is -0.385. The third-order valence-corrected chi connectivity index (χ3v) is 3.95. The summed E-state index contributed by atoms with van der Waals surface area (Å²) in [5, 5.41) is 14.7. The number of nitrogens with zero attached hydrogens (tertiary/aromatic N) is 1. The molecule has 8 heteroatoms. The molecule has 0 aliphatic carbocycles. The first-order valence-corrected chi connectivity index (χ1v) is 8.26. The molecule has 0 radical (unpaired) electrons. The van der Waals surface area contributed by atoms with Crippen molar-refractivity contribution in [3.8, 4) is 5.75 Å². The minimum Gasteiger partial charge on any atom is -0.492 e. The largest absolute Gasteiger partial charge is 0.492 e. The number of amides is 1. The second kappa shape index (κ2) is 8.69. The predicted molar refractivity (Wildman–Crippen MR) is 96.7 cm³/mol. The van der Waals surface area contributed by atoms with Gasteiger partial charge in [-0.05, 0) is 37.6 Å². The second-order valence-electron chi connectivity index (χ2n) is 5.26. The molecule has 0 unspecified atom stereocenters. The number of halogens is 2. The van der Waals surface area contributed by atoms with E-state index < -0.39 is 10.8 Å². The van der Waals surface area contributed by atoms with Crippen LogP contribution in [0.4, 0.5) is 5.69 Å². The number of ether oxygens (including phenoxy) is 1. The van der Waals surface area contributed by atoms with Gasteiger partial charge in [-0.15, -0.1) is 0 Å². The molecule has 1 N–H and O–H groups in total. The summed E-state index contributed by atoms with van der Waals surface area (Å²) in [4.78, 5) is 22.7. The van der Waals surface area contributed by atoms with Crippen molar-refractivity contribution >= 4 is 34.8 Å². The Morgan fingerprint density at radius 3 is 2.72 bits per heavy atom. The maximum absolute atomic E-state index is 12.2. The van der Waals surface area contributed by atoms with E-state index in [-0.39, 0.29) is 11.3 Å². The van der Waals surface area contributed by atoms with E-state index in [0.29, 0.717) is 40.9 Å². The minimum absolute atomic E-state index is 0.0478. The maximum Gasteiger partial charge on any atom is 0.285 e. The Bertz CT molecular complexity index is 796. The number of nitro groups is 1. The van der Waals surface area contributed by atoms with Crippen LogP contribution >= 0.6 is 23.2 Å². The van der Waals surface area contributed by atoms with E-state index in [1.807, 2.05) is 0 Å². The van der Waals surface area contributed by atoms with Gasteiger partial charge in [0.2, 0.25) is 0 Å². The summed E-state index contributed by atoms with van der Waals surface area (Å²) < 4.78 is 5.51. The summed E-state index contributed by atoms with van der Waals surface area (Å²) in [5.41, 5.74) is 0.314. The van der Waals surface area contributed by atoms with Gasteiger partial charge in [-0.2, -0.15) is 0 Å². The summed E-state index contributed by atoms with van der Waals surface area (Å²) in [7, 11) is 0.